The van der Waals surface area contributed by atoms with E-state index in [0.29, 0.717) is 12.5 Å². The molecule has 0 aliphatic heterocycles. The lowest BCUT2D eigenvalue weighted by atomic mass is 9.98. The smallest absolute Gasteiger partial charge is 0.0793 e. The van der Waals surface area contributed by atoms with Crippen LogP contribution in [-0.2, 0) is 4.74 Å². The minimum absolute atomic E-state index is 0.153. The number of ether oxygens (including phenoxy) is 1. The first-order valence-corrected chi connectivity index (χ1v) is 5.01. The molecule has 0 heterocycles. The third-order valence-corrected chi connectivity index (χ3v) is 2.66. The summed E-state index contributed by atoms with van der Waals surface area (Å²) in [4.78, 5) is 0. The average Bonchev–Trinajstić information content (AvgIpc) is 2.27. The molecule has 0 saturated heterocycles. The van der Waals surface area contributed by atoms with Gasteiger partial charge >= 0.3 is 0 Å². The largest absolute Gasteiger partial charge is 0.377 e. The first-order chi connectivity index (χ1) is 6.69. The summed E-state index contributed by atoms with van der Waals surface area (Å²) in [5.41, 5.74) is 8.13. The van der Waals surface area contributed by atoms with Gasteiger partial charge in [-0.25, -0.2) is 0 Å². The Bertz CT molecular complexity index is 260. The van der Waals surface area contributed by atoms with Crippen LogP contribution in [0.2, 0.25) is 0 Å². The molecule has 1 aromatic rings. The zero-order valence-electron chi connectivity index (χ0n) is 9.16. The van der Waals surface area contributed by atoms with Gasteiger partial charge in [0.2, 0.25) is 0 Å². The molecular formula is C12H19NO. The molecule has 2 heteroatoms. The maximum absolute atomic E-state index is 5.63. The number of benzene rings is 1. The molecule has 2 N–H and O–H groups in total. The Morgan fingerprint density at radius 1 is 1.29 bits per heavy atom. The normalized spacial score (nSPS) is 15.1. The third-order valence-electron chi connectivity index (χ3n) is 2.66. The van der Waals surface area contributed by atoms with Crippen LogP contribution in [-0.4, -0.2) is 13.7 Å². The van der Waals surface area contributed by atoms with Crippen LogP contribution in [0.5, 0.6) is 0 Å². The summed E-state index contributed by atoms with van der Waals surface area (Å²) in [6, 6.07) is 8.43. The van der Waals surface area contributed by atoms with Crippen LogP contribution >= 0.6 is 0 Å². The highest BCUT2D eigenvalue weighted by molar-refractivity contribution is 5.27. The van der Waals surface area contributed by atoms with Crippen LogP contribution in [0.1, 0.15) is 37.0 Å². The number of hydrogen-bond acceptors (Lipinski definition) is 2. The topological polar surface area (TPSA) is 35.2 Å². The van der Waals surface area contributed by atoms with Crippen LogP contribution in [0, 0.1) is 0 Å². The highest BCUT2D eigenvalue weighted by atomic mass is 16.5. The molecule has 0 radical (unpaired) electrons. The first-order valence-electron chi connectivity index (χ1n) is 5.01. The summed E-state index contributed by atoms with van der Waals surface area (Å²) >= 11 is 0. The van der Waals surface area contributed by atoms with E-state index in [4.69, 9.17) is 10.5 Å². The summed E-state index contributed by atoms with van der Waals surface area (Å²) in [5, 5.41) is 0. The van der Waals surface area contributed by atoms with Crippen LogP contribution in [0.25, 0.3) is 0 Å². The van der Waals surface area contributed by atoms with Crippen molar-refractivity contribution < 1.29 is 4.74 Å². The predicted molar refractivity (Wildman–Crippen MR) is 59.3 cm³/mol. The first kappa shape index (κ1) is 11.2. The standard InChI is InChI=1S/C12H19NO/c1-9(8-13)11-5-4-6-12(7-11)10(2)14-3/h4-7,9-10H,8,13H2,1-3H3. The number of hydrogen-bond donors (Lipinski definition) is 1. The van der Waals surface area contributed by atoms with E-state index in [1.54, 1.807) is 7.11 Å². The molecule has 0 spiro atoms. The van der Waals surface area contributed by atoms with Crippen molar-refractivity contribution in [1.82, 2.24) is 0 Å². The van der Waals surface area contributed by atoms with E-state index in [-0.39, 0.29) is 6.10 Å². The minimum atomic E-state index is 0.153. The average molecular weight is 193 g/mol. The number of rotatable bonds is 4. The van der Waals surface area contributed by atoms with Crippen molar-refractivity contribution >= 4 is 0 Å². The molecule has 0 aromatic heterocycles. The van der Waals surface area contributed by atoms with E-state index in [2.05, 4.69) is 31.2 Å². The second kappa shape index (κ2) is 5.13. The van der Waals surface area contributed by atoms with Crippen LogP contribution in [0.4, 0.5) is 0 Å². The third kappa shape index (κ3) is 2.56. The molecule has 2 nitrogen and oxygen atoms in total. The quantitative estimate of drug-likeness (QED) is 0.797. The van der Waals surface area contributed by atoms with Crippen molar-refractivity contribution in [3.05, 3.63) is 35.4 Å². The zero-order chi connectivity index (χ0) is 10.6. The van der Waals surface area contributed by atoms with Crippen molar-refractivity contribution in [2.75, 3.05) is 13.7 Å². The molecule has 0 fully saturated rings. The van der Waals surface area contributed by atoms with E-state index in [0.717, 1.165) is 0 Å². The van der Waals surface area contributed by atoms with Crippen LogP contribution < -0.4 is 5.73 Å². The Balaban J connectivity index is 2.89. The SMILES string of the molecule is COC(C)c1cccc(C(C)CN)c1. The lowest BCUT2D eigenvalue weighted by Gasteiger charge is -2.14. The fourth-order valence-electron chi connectivity index (χ4n) is 1.39. The fraction of sp³-hybridized carbons (Fsp3) is 0.500. The lowest BCUT2D eigenvalue weighted by molar-refractivity contribution is 0.119. The predicted octanol–water partition coefficient (Wildman–Crippen LogP) is 2.46. The summed E-state index contributed by atoms with van der Waals surface area (Å²) in [6.07, 6.45) is 0.153. The summed E-state index contributed by atoms with van der Waals surface area (Å²) in [6.45, 7) is 4.87. The molecule has 0 aliphatic rings. The van der Waals surface area contributed by atoms with Crippen molar-refractivity contribution in [2.45, 2.75) is 25.9 Å². The number of nitrogens with two attached hydrogens (primary N) is 1. The molecule has 14 heavy (non-hydrogen) atoms. The maximum atomic E-state index is 5.63. The summed E-state index contributed by atoms with van der Waals surface area (Å²) < 4.78 is 5.27. The lowest BCUT2D eigenvalue weighted by Crippen LogP contribution is -2.09. The van der Waals surface area contributed by atoms with Crippen molar-refractivity contribution in [1.29, 1.82) is 0 Å². The van der Waals surface area contributed by atoms with Crippen LogP contribution in [0.15, 0.2) is 24.3 Å². The molecule has 0 aliphatic carbocycles. The van der Waals surface area contributed by atoms with Gasteiger partial charge in [0.05, 0.1) is 6.10 Å². The molecular weight excluding hydrogens is 174 g/mol. The van der Waals surface area contributed by atoms with E-state index in [1.165, 1.54) is 11.1 Å². The summed E-state index contributed by atoms with van der Waals surface area (Å²) in [7, 11) is 1.73. The molecule has 78 valence electrons. The molecule has 1 aromatic carbocycles. The monoisotopic (exact) mass is 193 g/mol. The second-order valence-corrected chi connectivity index (χ2v) is 3.68. The summed E-state index contributed by atoms with van der Waals surface area (Å²) in [5.74, 6) is 0.416. The Morgan fingerprint density at radius 3 is 2.50 bits per heavy atom. The fourth-order valence-corrected chi connectivity index (χ4v) is 1.39. The Labute approximate surface area is 86.1 Å². The highest BCUT2D eigenvalue weighted by Crippen LogP contribution is 2.21. The number of methoxy groups -OCH3 is 1. The van der Waals surface area contributed by atoms with Gasteiger partial charge in [0.15, 0.2) is 0 Å². The minimum Gasteiger partial charge on any atom is -0.377 e. The van der Waals surface area contributed by atoms with Crippen LogP contribution in [0.3, 0.4) is 0 Å². The Hall–Kier alpha value is -0.860. The molecule has 0 amide bonds. The van der Waals surface area contributed by atoms with Crippen molar-refractivity contribution in [3.8, 4) is 0 Å². The van der Waals surface area contributed by atoms with E-state index < -0.39 is 0 Å². The van der Waals surface area contributed by atoms with E-state index in [1.807, 2.05) is 6.92 Å². The molecule has 0 bridgehead atoms. The molecule has 1 rings (SSSR count). The van der Waals surface area contributed by atoms with Gasteiger partial charge in [0.1, 0.15) is 0 Å². The second-order valence-electron chi connectivity index (χ2n) is 3.68. The van der Waals surface area contributed by atoms with Gasteiger partial charge < -0.3 is 10.5 Å². The van der Waals surface area contributed by atoms with Crippen molar-refractivity contribution in [3.63, 3.8) is 0 Å². The van der Waals surface area contributed by atoms with Gasteiger partial charge in [-0.3, -0.25) is 0 Å². The van der Waals surface area contributed by atoms with Gasteiger partial charge in [-0.1, -0.05) is 31.2 Å². The highest BCUT2D eigenvalue weighted by Gasteiger charge is 2.07. The van der Waals surface area contributed by atoms with Gasteiger partial charge in [-0.05, 0) is 30.5 Å². The Kier molecular flexibility index (Phi) is 4.11. The van der Waals surface area contributed by atoms with Gasteiger partial charge in [0.25, 0.3) is 0 Å². The Morgan fingerprint density at radius 2 is 1.93 bits per heavy atom. The van der Waals surface area contributed by atoms with Gasteiger partial charge in [-0.2, -0.15) is 0 Å². The van der Waals surface area contributed by atoms with Gasteiger partial charge in [-0.15, -0.1) is 0 Å². The molecule has 2 atom stereocenters. The van der Waals surface area contributed by atoms with Crippen molar-refractivity contribution in [2.24, 2.45) is 5.73 Å². The molecule has 2 unspecified atom stereocenters. The molecule has 0 saturated carbocycles. The van der Waals surface area contributed by atoms with E-state index in [9.17, 15) is 0 Å². The van der Waals surface area contributed by atoms with Gasteiger partial charge in [0, 0.05) is 7.11 Å². The maximum Gasteiger partial charge on any atom is 0.0793 e. The van der Waals surface area contributed by atoms with E-state index >= 15 is 0 Å². The zero-order valence-corrected chi connectivity index (χ0v) is 9.16.